The molecular weight excluding hydrogens is 354 g/mol. The van der Waals surface area contributed by atoms with Gasteiger partial charge in [0.1, 0.15) is 11.4 Å². The maximum atomic E-state index is 4.57. The molecule has 1 heterocycles. The van der Waals surface area contributed by atoms with Crippen LogP contribution in [0.5, 0.6) is 0 Å². The zero-order chi connectivity index (χ0) is 20.3. The number of nitrogens with zero attached hydrogens (tertiary/aromatic N) is 1. The molecule has 4 aromatic rings. The Kier molecular flexibility index (Phi) is 4.98. The molecule has 0 unspecified atom stereocenters. The Morgan fingerprint density at radius 2 is 1.07 bits per heavy atom. The van der Waals surface area contributed by atoms with E-state index in [-0.39, 0.29) is 5.41 Å². The summed E-state index contributed by atoms with van der Waals surface area (Å²) in [7, 11) is 0. The standard InChI is InChI=1S/C26H27N3/c1-25(2,3)23-19-24(29-28-23)27-26(20-13-7-4-8-14-20,21-15-9-5-10-16-21)22-17-11-6-12-18-22/h4-19H,1-3H3,(H2,27,28,29). The van der Waals surface area contributed by atoms with Crippen molar-refractivity contribution in [1.82, 2.24) is 10.2 Å². The van der Waals surface area contributed by atoms with Crippen molar-refractivity contribution < 1.29 is 0 Å². The van der Waals surface area contributed by atoms with E-state index in [4.69, 9.17) is 0 Å². The van der Waals surface area contributed by atoms with Crippen LogP contribution in [0.4, 0.5) is 5.82 Å². The lowest BCUT2D eigenvalue weighted by atomic mass is 9.77. The van der Waals surface area contributed by atoms with Crippen LogP contribution in [-0.2, 0) is 11.0 Å². The SMILES string of the molecule is CC(C)(C)c1cc(NC(c2ccccc2)(c2ccccc2)c2ccccc2)[nH]n1. The van der Waals surface area contributed by atoms with Gasteiger partial charge in [0.25, 0.3) is 0 Å². The summed E-state index contributed by atoms with van der Waals surface area (Å²) in [6.07, 6.45) is 0. The van der Waals surface area contributed by atoms with Crippen LogP contribution in [0, 0.1) is 0 Å². The highest BCUT2D eigenvalue weighted by Crippen LogP contribution is 2.40. The Morgan fingerprint density at radius 1 is 0.655 bits per heavy atom. The fourth-order valence-electron chi connectivity index (χ4n) is 3.75. The normalized spacial score (nSPS) is 12.0. The first kappa shape index (κ1) is 19.0. The first-order chi connectivity index (χ1) is 14.0. The van der Waals surface area contributed by atoms with Gasteiger partial charge in [0.05, 0.1) is 5.69 Å². The third-order valence-electron chi connectivity index (χ3n) is 5.29. The van der Waals surface area contributed by atoms with E-state index in [1.807, 2.05) is 0 Å². The molecule has 0 bridgehead atoms. The predicted octanol–water partition coefficient (Wildman–Crippen LogP) is 6.11. The van der Waals surface area contributed by atoms with Crippen molar-refractivity contribution in [1.29, 1.82) is 0 Å². The van der Waals surface area contributed by atoms with Crippen molar-refractivity contribution in [3.63, 3.8) is 0 Å². The van der Waals surface area contributed by atoms with E-state index >= 15 is 0 Å². The molecule has 0 amide bonds. The van der Waals surface area contributed by atoms with Crippen molar-refractivity contribution in [3.05, 3.63) is 119 Å². The molecule has 0 spiro atoms. The number of hydrogen-bond acceptors (Lipinski definition) is 2. The van der Waals surface area contributed by atoms with E-state index in [9.17, 15) is 0 Å². The van der Waals surface area contributed by atoms with Crippen LogP contribution in [0.25, 0.3) is 0 Å². The summed E-state index contributed by atoms with van der Waals surface area (Å²) in [4.78, 5) is 0. The number of rotatable bonds is 5. The van der Waals surface area contributed by atoms with Crippen LogP contribution < -0.4 is 5.32 Å². The lowest BCUT2D eigenvalue weighted by molar-refractivity contribution is 0.567. The van der Waals surface area contributed by atoms with Crippen LogP contribution in [0.3, 0.4) is 0 Å². The van der Waals surface area contributed by atoms with Crippen molar-refractivity contribution in [2.75, 3.05) is 5.32 Å². The van der Waals surface area contributed by atoms with Gasteiger partial charge in [-0.15, -0.1) is 0 Å². The first-order valence-corrected chi connectivity index (χ1v) is 10.0. The third-order valence-corrected chi connectivity index (χ3v) is 5.29. The molecule has 0 radical (unpaired) electrons. The largest absolute Gasteiger partial charge is 0.353 e. The average Bonchev–Trinajstić information content (AvgIpc) is 3.23. The van der Waals surface area contributed by atoms with Crippen molar-refractivity contribution >= 4 is 5.82 Å². The van der Waals surface area contributed by atoms with Gasteiger partial charge in [-0.3, -0.25) is 5.10 Å². The highest BCUT2D eigenvalue weighted by Gasteiger charge is 2.37. The van der Waals surface area contributed by atoms with E-state index in [0.29, 0.717) is 0 Å². The summed E-state index contributed by atoms with van der Waals surface area (Å²) in [6, 6.07) is 33.9. The molecule has 4 rings (SSSR count). The summed E-state index contributed by atoms with van der Waals surface area (Å²) < 4.78 is 0. The van der Waals surface area contributed by atoms with Crippen molar-refractivity contribution in [2.45, 2.75) is 31.7 Å². The van der Waals surface area contributed by atoms with E-state index in [0.717, 1.165) is 11.5 Å². The molecular formula is C26H27N3. The second-order valence-electron chi connectivity index (χ2n) is 8.39. The van der Waals surface area contributed by atoms with E-state index in [1.54, 1.807) is 0 Å². The predicted molar refractivity (Wildman–Crippen MR) is 120 cm³/mol. The molecule has 0 fully saturated rings. The van der Waals surface area contributed by atoms with Crippen LogP contribution in [0.2, 0.25) is 0 Å². The Labute approximate surface area is 172 Å². The number of nitrogens with one attached hydrogen (secondary N) is 2. The molecule has 0 aliphatic rings. The summed E-state index contributed by atoms with van der Waals surface area (Å²) in [5, 5.41) is 11.6. The van der Waals surface area contributed by atoms with E-state index in [1.165, 1.54) is 16.7 Å². The molecule has 0 saturated heterocycles. The molecule has 3 nitrogen and oxygen atoms in total. The molecule has 2 N–H and O–H groups in total. The minimum Gasteiger partial charge on any atom is -0.353 e. The number of benzene rings is 3. The molecule has 0 aliphatic carbocycles. The van der Waals surface area contributed by atoms with Crippen LogP contribution >= 0.6 is 0 Å². The Bertz CT molecular complexity index is 949. The second-order valence-corrected chi connectivity index (χ2v) is 8.39. The molecule has 3 aromatic carbocycles. The van der Waals surface area contributed by atoms with Gasteiger partial charge in [0, 0.05) is 11.5 Å². The molecule has 1 aromatic heterocycles. The number of aromatic nitrogens is 2. The zero-order valence-electron chi connectivity index (χ0n) is 17.2. The van der Waals surface area contributed by atoms with Crippen LogP contribution in [0.1, 0.15) is 43.2 Å². The third kappa shape index (κ3) is 3.68. The van der Waals surface area contributed by atoms with Gasteiger partial charge in [-0.25, -0.2) is 0 Å². The number of H-pyrrole nitrogens is 1. The smallest absolute Gasteiger partial charge is 0.122 e. The van der Waals surface area contributed by atoms with Gasteiger partial charge in [-0.2, -0.15) is 5.10 Å². The quantitative estimate of drug-likeness (QED) is 0.409. The van der Waals surface area contributed by atoms with Crippen LogP contribution in [0.15, 0.2) is 97.1 Å². The maximum Gasteiger partial charge on any atom is 0.122 e. The van der Waals surface area contributed by atoms with E-state index in [2.05, 4.69) is 133 Å². The highest BCUT2D eigenvalue weighted by atomic mass is 15.2. The Hall–Kier alpha value is -3.33. The molecule has 0 aliphatic heterocycles. The lowest BCUT2D eigenvalue weighted by Gasteiger charge is -2.37. The molecule has 0 atom stereocenters. The summed E-state index contributed by atoms with van der Waals surface area (Å²) >= 11 is 0. The summed E-state index contributed by atoms with van der Waals surface area (Å²) in [6.45, 7) is 6.52. The zero-order valence-corrected chi connectivity index (χ0v) is 17.2. The number of anilines is 1. The topological polar surface area (TPSA) is 40.7 Å². The monoisotopic (exact) mass is 381 g/mol. The van der Waals surface area contributed by atoms with Gasteiger partial charge in [-0.1, -0.05) is 112 Å². The fraction of sp³-hybridized carbons (Fsp3) is 0.192. The molecule has 29 heavy (non-hydrogen) atoms. The number of hydrogen-bond donors (Lipinski definition) is 2. The maximum absolute atomic E-state index is 4.57. The first-order valence-electron chi connectivity index (χ1n) is 10.0. The fourth-order valence-corrected chi connectivity index (χ4v) is 3.75. The second kappa shape index (κ2) is 7.59. The van der Waals surface area contributed by atoms with Gasteiger partial charge in [0.15, 0.2) is 0 Å². The molecule has 0 saturated carbocycles. The lowest BCUT2D eigenvalue weighted by Crippen LogP contribution is -2.38. The van der Waals surface area contributed by atoms with E-state index < -0.39 is 5.54 Å². The summed E-state index contributed by atoms with van der Waals surface area (Å²) in [5.41, 5.74) is 3.97. The van der Waals surface area contributed by atoms with Gasteiger partial charge in [0.2, 0.25) is 0 Å². The minimum atomic E-state index is -0.550. The van der Waals surface area contributed by atoms with Crippen molar-refractivity contribution in [3.8, 4) is 0 Å². The Balaban J connectivity index is 1.94. The van der Waals surface area contributed by atoms with Gasteiger partial charge >= 0.3 is 0 Å². The summed E-state index contributed by atoms with van der Waals surface area (Å²) in [5.74, 6) is 0.895. The highest BCUT2D eigenvalue weighted by molar-refractivity contribution is 5.58. The molecule has 3 heteroatoms. The van der Waals surface area contributed by atoms with Gasteiger partial charge in [-0.05, 0) is 16.7 Å². The van der Waals surface area contributed by atoms with Crippen LogP contribution in [-0.4, -0.2) is 10.2 Å². The van der Waals surface area contributed by atoms with Gasteiger partial charge < -0.3 is 5.32 Å². The minimum absolute atomic E-state index is 0.0225. The average molecular weight is 382 g/mol. The van der Waals surface area contributed by atoms with Crippen molar-refractivity contribution in [2.24, 2.45) is 0 Å². The molecule has 146 valence electrons. The number of aromatic amines is 1. The Morgan fingerprint density at radius 3 is 1.41 bits per heavy atom.